The van der Waals surface area contributed by atoms with E-state index in [2.05, 4.69) is 19.7 Å². The highest BCUT2D eigenvalue weighted by Gasteiger charge is 2.18. The summed E-state index contributed by atoms with van der Waals surface area (Å²) in [5, 5.41) is 0. The molecule has 1 aromatic rings. The number of aromatic nitrogens is 2. The van der Waals surface area contributed by atoms with Crippen LogP contribution in [-0.2, 0) is 19.3 Å². The molecule has 0 bridgehead atoms. The molecular formula is C21H37N5. The van der Waals surface area contributed by atoms with E-state index in [-0.39, 0.29) is 0 Å². The first-order valence-electron chi connectivity index (χ1n) is 11.1. The average molecular weight is 360 g/mol. The first-order valence-corrected chi connectivity index (χ1v) is 11.1. The van der Waals surface area contributed by atoms with Gasteiger partial charge in [0.15, 0.2) is 0 Å². The smallest absolute Gasteiger partial charge is 0.107 e. The third kappa shape index (κ3) is 5.08. The van der Waals surface area contributed by atoms with Gasteiger partial charge in [-0.15, -0.1) is 0 Å². The zero-order chi connectivity index (χ0) is 17.6. The van der Waals surface area contributed by atoms with Crippen LogP contribution in [0.3, 0.4) is 0 Å². The number of hydrogen-bond acceptors (Lipinski definition) is 4. The molecule has 5 nitrogen and oxygen atoms in total. The molecule has 3 aliphatic heterocycles. The van der Waals surface area contributed by atoms with E-state index in [1.165, 1.54) is 115 Å². The quantitative estimate of drug-likeness (QED) is 0.734. The number of nitrogens with zero attached hydrogens (tertiary/aromatic N) is 4. The molecule has 3 fully saturated rings. The van der Waals surface area contributed by atoms with Crippen molar-refractivity contribution in [2.75, 3.05) is 58.9 Å². The van der Waals surface area contributed by atoms with Gasteiger partial charge in [-0.2, -0.15) is 0 Å². The van der Waals surface area contributed by atoms with Crippen molar-refractivity contribution >= 4 is 0 Å². The zero-order valence-electron chi connectivity index (χ0n) is 16.5. The van der Waals surface area contributed by atoms with Crippen molar-refractivity contribution in [3.05, 3.63) is 17.2 Å². The summed E-state index contributed by atoms with van der Waals surface area (Å²) in [6.45, 7) is 11.3. The Morgan fingerprint density at radius 2 is 1.08 bits per heavy atom. The Kier molecular flexibility index (Phi) is 6.63. The second-order valence-electron chi connectivity index (χ2n) is 8.50. The third-order valence-electron chi connectivity index (χ3n) is 6.52. The lowest BCUT2D eigenvalue weighted by atomic mass is 10.2. The monoisotopic (exact) mass is 359 g/mol. The van der Waals surface area contributed by atoms with Crippen LogP contribution in [0.5, 0.6) is 0 Å². The van der Waals surface area contributed by atoms with Crippen molar-refractivity contribution in [1.82, 2.24) is 24.7 Å². The SMILES string of the molecule is C1CCN(CCc2nc(CCN3CCCC3)c(CCN3CCCC3)[nH]2)C1. The molecule has 3 saturated heterocycles. The molecular weight excluding hydrogens is 322 g/mol. The minimum Gasteiger partial charge on any atom is -0.346 e. The number of aromatic amines is 1. The van der Waals surface area contributed by atoms with Crippen molar-refractivity contribution in [3.8, 4) is 0 Å². The predicted octanol–water partition coefficient (Wildman–Crippen LogP) is 2.32. The zero-order valence-corrected chi connectivity index (χ0v) is 16.5. The molecule has 4 rings (SSSR count). The summed E-state index contributed by atoms with van der Waals surface area (Å²) in [7, 11) is 0. The average Bonchev–Trinajstić information content (AvgIpc) is 3.46. The fourth-order valence-corrected chi connectivity index (χ4v) is 4.85. The Bertz CT molecular complexity index is 499. The largest absolute Gasteiger partial charge is 0.346 e. The Balaban J connectivity index is 1.34. The van der Waals surface area contributed by atoms with E-state index in [1.54, 1.807) is 0 Å². The lowest BCUT2D eigenvalue weighted by Gasteiger charge is -2.15. The molecule has 3 aliphatic rings. The number of rotatable bonds is 9. The number of imidazole rings is 1. The van der Waals surface area contributed by atoms with Crippen LogP contribution in [0.2, 0.25) is 0 Å². The minimum atomic E-state index is 1.08. The fraction of sp³-hybridized carbons (Fsp3) is 0.857. The van der Waals surface area contributed by atoms with Gasteiger partial charge < -0.3 is 19.7 Å². The summed E-state index contributed by atoms with van der Waals surface area (Å²) >= 11 is 0. The Labute approximate surface area is 159 Å². The summed E-state index contributed by atoms with van der Waals surface area (Å²) in [4.78, 5) is 16.6. The molecule has 0 radical (unpaired) electrons. The fourth-order valence-electron chi connectivity index (χ4n) is 4.85. The topological polar surface area (TPSA) is 38.4 Å². The predicted molar refractivity (Wildman–Crippen MR) is 107 cm³/mol. The van der Waals surface area contributed by atoms with E-state index in [9.17, 15) is 0 Å². The molecule has 0 aliphatic carbocycles. The van der Waals surface area contributed by atoms with Gasteiger partial charge in [0.25, 0.3) is 0 Å². The van der Waals surface area contributed by atoms with Gasteiger partial charge in [-0.05, 0) is 77.8 Å². The summed E-state index contributed by atoms with van der Waals surface area (Å²) in [6.07, 6.45) is 11.6. The Morgan fingerprint density at radius 3 is 1.62 bits per heavy atom. The summed E-state index contributed by atoms with van der Waals surface area (Å²) in [5.74, 6) is 1.23. The summed E-state index contributed by atoms with van der Waals surface area (Å²) in [5.41, 5.74) is 2.78. The van der Waals surface area contributed by atoms with E-state index in [0.717, 1.165) is 19.3 Å². The molecule has 146 valence electrons. The molecule has 0 unspecified atom stereocenters. The molecule has 5 heteroatoms. The van der Waals surface area contributed by atoms with Crippen LogP contribution in [0.25, 0.3) is 0 Å². The van der Waals surface area contributed by atoms with Gasteiger partial charge in [-0.1, -0.05) is 0 Å². The molecule has 1 aromatic heterocycles. The van der Waals surface area contributed by atoms with E-state index in [1.807, 2.05) is 0 Å². The van der Waals surface area contributed by atoms with E-state index in [0.29, 0.717) is 0 Å². The first-order chi connectivity index (χ1) is 12.9. The number of H-pyrrole nitrogens is 1. The van der Waals surface area contributed by atoms with Crippen molar-refractivity contribution in [1.29, 1.82) is 0 Å². The molecule has 0 saturated carbocycles. The van der Waals surface area contributed by atoms with E-state index < -0.39 is 0 Å². The van der Waals surface area contributed by atoms with E-state index >= 15 is 0 Å². The number of likely N-dealkylation sites (tertiary alicyclic amines) is 3. The maximum Gasteiger partial charge on any atom is 0.107 e. The Hall–Kier alpha value is -0.910. The van der Waals surface area contributed by atoms with Crippen molar-refractivity contribution in [2.24, 2.45) is 0 Å². The van der Waals surface area contributed by atoms with Crippen LogP contribution in [0, 0.1) is 0 Å². The van der Waals surface area contributed by atoms with Crippen LogP contribution >= 0.6 is 0 Å². The standard InChI is InChI=1S/C21H37N5/c1-2-11-24(10-1)16-7-19-20(8-17-25-12-3-4-13-25)23-21(22-19)9-18-26-14-5-6-15-26/h1-18H2,(H,22,23). The van der Waals surface area contributed by atoms with Crippen molar-refractivity contribution < 1.29 is 0 Å². The summed E-state index contributed by atoms with van der Waals surface area (Å²) < 4.78 is 0. The number of hydrogen-bond donors (Lipinski definition) is 1. The van der Waals surface area contributed by atoms with Gasteiger partial charge in [-0.3, -0.25) is 0 Å². The van der Waals surface area contributed by atoms with Gasteiger partial charge >= 0.3 is 0 Å². The molecule has 0 atom stereocenters. The van der Waals surface area contributed by atoms with Crippen LogP contribution in [0.1, 0.15) is 55.7 Å². The molecule has 1 N–H and O–H groups in total. The van der Waals surface area contributed by atoms with Gasteiger partial charge in [0.2, 0.25) is 0 Å². The first kappa shape index (κ1) is 18.5. The normalized spacial score (nSPS) is 22.8. The van der Waals surface area contributed by atoms with Gasteiger partial charge in [0.1, 0.15) is 5.82 Å². The highest BCUT2D eigenvalue weighted by atomic mass is 15.2. The molecule has 0 amide bonds. The van der Waals surface area contributed by atoms with E-state index in [4.69, 9.17) is 4.98 Å². The highest BCUT2D eigenvalue weighted by molar-refractivity contribution is 5.16. The molecule has 0 spiro atoms. The molecule has 0 aromatic carbocycles. The van der Waals surface area contributed by atoms with Crippen LogP contribution in [0.15, 0.2) is 0 Å². The molecule has 4 heterocycles. The maximum absolute atomic E-state index is 5.05. The highest BCUT2D eigenvalue weighted by Crippen LogP contribution is 2.15. The van der Waals surface area contributed by atoms with Crippen molar-refractivity contribution in [2.45, 2.75) is 57.8 Å². The Morgan fingerprint density at radius 1 is 0.615 bits per heavy atom. The lowest BCUT2D eigenvalue weighted by molar-refractivity contribution is 0.337. The second kappa shape index (κ2) is 9.34. The van der Waals surface area contributed by atoms with Crippen LogP contribution in [-0.4, -0.2) is 83.6 Å². The van der Waals surface area contributed by atoms with Gasteiger partial charge in [0.05, 0.1) is 5.69 Å². The van der Waals surface area contributed by atoms with Crippen LogP contribution in [0.4, 0.5) is 0 Å². The number of nitrogens with one attached hydrogen (secondary N) is 1. The second-order valence-corrected chi connectivity index (χ2v) is 8.50. The maximum atomic E-state index is 5.05. The lowest BCUT2D eigenvalue weighted by Crippen LogP contribution is -2.24. The minimum absolute atomic E-state index is 1.08. The van der Waals surface area contributed by atoms with Gasteiger partial charge in [-0.25, -0.2) is 4.98 Å². The van der Waals surface area contributed by atoms with Crippen LogP contribution < -0.4 is 0 Å². The summed E-state index contributed by atoms with van der Waals surface area (Å²) in [6, 6.07) is 0. The van der Waals surface area contributed by atoms with Gasteiger partial charge in [0, 0.05) is 44.6 Å². The van der Waals surface area contributed by atoms with Crippen molar-refractivity contribution in [3.63, 3.8) is 0 Å². The molecule has 26 heavy (non-hydrogen) atoms. The third-order valence-corrected chi connectivity index (χ3v) is 6.52.